The van der Waals surface area contributed by atoms with E-state index in [9.17, 15) is 0 Å². The maximum Gasteiger partial charge on any atom is 0.231 e. The first-order chi connectivity index (χ1) is 10.7. The van der Waals surface area contributed by atoms with Gasteiger partial charge < -0.3 is 24.8 Å². The van der Waals surface area contributed by atoms with Crippen LogP contribution < -0.4 is 24.8 Å². The van der Waals surface area contributed by atoms with E-state index in [4.69, 9.17) is 38.0 Å². The van der Waals surface area contributed by atoms with Crippen LogP contribution in [0.2, 0.25) is 5.02 Å². The van der Waals surface area contributed by atoms with Gasteiger partial charge in [-0.1, -0.05) is 11.6 Å². The van der Waals surface area contributed by atoms with Crippen LogP contribution >= 0.6 is 23.8 Å². The predicted octanol–water partition coefficient (Wildman–Crippen LogP) is 3.89. The molecule has 5 nitrogen and oxygen atoms in total. The van der Waals surface area contributed by atoms with E-state index in [0.29, 0.717) is 27.3 Å². The Balaban J connectivity index is 1.71. The van der Waals surface area contributed by atoms with Gasteiger partial charge in [-0.15, -0.1) is 0 Å². The molecular weight excluding hydrogens is 324 g/mol. The summed E-state index contributed by atoms with van der Waals surface area (Å²) in [4.78, 5) is 0. The molecule has 2 N–H and O–H groups in total. The van der Waals surface area contributed by atoms with Gasteiger partial charge in [-0.2, -0.15) is 0 Å². The summed E-state index contributed by atoms with van der Waals surface area (Å²) in [5, 5.41) is 7.14. The fraction of sp³-hybridized carbons (Fsp3) is 0.133. The van der Waals surface area contributed by atoms with Gasteiger partial charge in [-0.25, -0.2) is 0 Å². The van der Waals surface area contributed by atoms with Crippen LogP contribution in [-0.2, 0) is 0 Å². The van der Waals surface area contributed by atoms with Crippen LogP contribution in [0.15, 0.2) is 36.4 Å². The van der Waals surface area contributed by atoms with E-state index in [1.54, 1.807) is 25.3 Å². The van der Waals surface area contributed by atoms with Crippen LogP contribution in [0.1, 0.15) is 0 Å². The Morgan fingerprint density at radius 1 is 1.14 bits per heavy atom. The van der Waals surface area contributed by atoms with E-state index >= 15 is 0 Å². The Bertz CT molecular complexity index is 724. The Morgan fingerprint density at radius 3 is 2.77 bits per heavy atom. The highest BCUT2D eigenvalue weighted by molar-refractivity contribution is 7.80. The van der Waals surface area contributed by atoms with E-state index in [1.165, 1.54) is 0 Å². The van der Waals surface area contributed by atoms with E-state index in [-0.39, 0.29) is 6.79 Å². The molecule has 0 fully saturated rings. The Morgan fingerprint density at radius 2 is 1.95 bits per heavy atom. The van der Waals surface area contributed by atoms with Crippen LogP contribution in [0.3, 0.4) is 0 Å². The van der Waals surface area contributed by atoms with E-state index in [1.807, 2.05) is 18.2 Å². The molecule has 0 aromatic heterocycles. The Labute approximate surface area is 138 Å². The normalized spacial score (nSPS) is 11.9. The highest BCUT2D eigenvalue weighted by atomic mass is 35.5. The number of hydrogen-bond donors (Lipinski definition) is 2. The second-order valence-corrected chi connectivity index (χ2v) is 5.34. The first-order valence-electron chi connectivity index (χ1n) is 6.47. The number of halogens is 1. The average Bonchev–Trinajstić information content (AvgIpc) is 2.95. The number of fused-ring (bicyclic) bond motifs is 1. The van der Waals surface area contributed by atoms with Crippen molar-refractivity contribution in [3.8, 4) is 17.2 Å². The molecule has 2 aromatic rings. The molecule has 0 amide bonds. The summed E-state index contributed by atoms with van der Waals surface area (Å²) in [5.41, 5.74) is 1.48. The highest BCUT2D eigenvalue weighted by Crippen LogP contribution is 2.34. The van der Waals surface area contributed by atoms with Crippen molar-refractivity contribution < 1.29 is 14.2 Å². The van der Waals surface area contributed by atoms with Gasteiger partial charge in [0, 0.05) is 16.8 Å². The molecule has 0 radical (unpaired) electrons. The molecule has 0 bridgehead atoms. The molecule has 0 spiro atoms. The van der Waals surface area contributed by atoms with Gasteiger partial charge in [0.05, 0.1) is 12.8 Å². The van der Waals surface area contributed by atoms with Crippen LogP contribution in [0.25, 0.3) is 0 Å². The largest absolute Gasteiger partial charge is 0.495 e. The molecule has 114 valence electrons. The van der Waals surface area contributed by atoms with Gasteiger partial charge in [-0.05, 0) is 42.5 Å². The zero-order valence-corrected chi connectivity index (χ0v) is 13.3. The monoisotopic (exact) mass is 336 g/mol. The average molecular weight is 337 g/mol. The van der Waals surface area contributed by atoms with Crippen LogP contribution in [0, 0.1) is 0 Å². The van der Waals surface area contributed by atoms with Crippen molar-refractivity contribution in [2.45, 2.75) is 0 Å². The van der Waals surface area contributed by atoms with Gasteiger partial charge >= 0.3 is 0 Å². The third-order valence-electron chi connectivity index (χ3n) is 3.04. The molecule has 1 aliphatic rings. The van der Waals surface area contributed by atoms with E-state index in [0.717, 1.165) is 11.4 Å². The van der Waals surface area contributed by atoms with Crippen LogP contribution in [-0.4, -0.2) is 19.0 Å². The minimum Gasteiger partial charge on any atom is -0.495 e. The third kappa shape index (κ3) is 3.18. The van der Waals surface area contributed by atoms with E-state index < -0.39 is 0 Å². The lowest BCUT2D eigenvalue weighted by molar-refractivity contribution is 0.174. The van der Waals surface area contributed by atoms with Gasteiger partial charge in [-0.3, -0.25) is 0 Å². The predicted molar refractivity (Wildman–Crippen MR) is 90.4 cm³/mol. The molecule has 0 aliphatic carbocycles. The molecule has 22 heavy (non-hydrogen) atoms. The van der Waals surface area contributed by atoms with Crippen LogP contribution in [0.4, 0.5) is 11.4 Å². The standard InChI is InChI=1S/C15H13ClN2O3S/c1-19-12-4-2-9(16)6-11(12)18-15(22)17-10-3-5-13-14(7-10)21-8-20-13/h2-7H,8H2,1H3,(H2,17,18,22). The lowest BCUT2D eigenvalue weighted by Crippen LogP contribution is -2.19. The molecule has 2 aromatic carbocycles. The van der Waals surface area contributed by atoms with Crippen molar-refractivity contribution in [2.75, 3.05) is 24.5 Å². The smallest absolute Gasteiger partial charge is 0.231 e. The topological polar surface area (TPSA) is 51.8 Å². The van der Waals surface area contributed by atoms with Gasteiger partial charge in [0.1, 0.15) is 5.75 Å². The fourth-order valence-corrected chi connectivity index (χ4v) is 2.44. The highest BCUT2D eigenvalue weighted by Gasteiger charge is 2.14. The number of ether oxygens (including phenoxy) is 3. The molecule has 3 rings (SSSR count). The summed E-state index contributed by atoms with van der Waals surface area (Å²) in [6, 6.07) is 10.8. The number of methoxy groups -OCH3 is 1. The number of rotatable bonds is 3. The zero-order chi connectivity index (χ0) is 15.5. The van der Waals surface area contributed by atoms with Gasteiger partial charge in [0.25, 0.3) is 0 Å². The molecule has 1 heterocycles. The molecule has 1 aliphatic heterocycles. The quantitative estimate of drug-likeness (QED) is 0.829. The molecule has 7 heteroatoms. The number of nitrogens with one attached hydrogen (secondary N) is 2. The lowest BCUT2D eigenvalue weighted by Gasteiger charge is -2.14. The van der Waals surface area contributed by atoms with Crippen molar-refractivity contribution in [1.82, 2.24) is 0 Å². The van der Waals surface area contributed by atoms with Crippen LogP contribution in [0.5, 0.6) is 17.2 Å². The van der Waals surface area contributed by atoms with Gasteiger partial charge in [0.15, 0.2) is 16.6 Å². The summed E-state index contributed by atoms with van der Waals surface area (Å²) in [7, 11) is 1.59. The first kappa shape index (κ1) is 14.7. The van der Waals surface area contributed by atoms with Gasteiger partial charge in [0.2, 0.25) is 6.79 Å². The second-order valence-electron chi connectivity index (χ2n) is 4.49. The number of benzene rings is 2. The second kappa shape index (κ2) is 6.29. The van der Waals surface area contributed by atoms with Crippen molar-refractivity contribution >= 4 is 40.3 Å². The fourth-order valence-electron chi connectivity index (χ4n) is 2.04. The third-order valence-corrected chi connectivity index (χ3v) is 3.48. The zero-order valence-electron chi connectivity index (χ0n) is 11.7. The summed E-state index contributed by atoms with van der Waals surface area (Å²) >= 11 is 11.3. The number of thiocarbonyl (C=S) groups is 1. The summed E-state index contributed by atoms with van der Waals surface area (Å²) in [5.74, 6) is 2.06. The number of anilines is 2. The van der Waals surface area contributed by atoms with E-state index in [2.05, 4.69) is 10.6 Å². The summed E-state index contributed by atoms with van der Waals surface area (Å²) in [6.45, 7) is 0.237. The molecule has 0 saturated heterocycles. The Kier molecular flexibility index (Phi) is 4.22. The SMILES string of the molecule is COc1ccc(Cl)cc1NC(=S)Nc1ccc2c(c1)OCO2. The molecule has 0 unspecified atom stereocenters. The number of hydrogen-bond acceptors (Lipinski definition) is 4. The van der Waals surface area contributed by atoms with Crippen molar-refractivity contribution in [3.63, 3.8) is 0 Å². The summed E-state index contributed by atoms with van der Waals surface area (Å²) < 4.78 is 15.9. The lowest BCUT2D eigenvalue weighted by atomic mass is 10.3. The van der Waals surface area contributed by atoms with Crippen molar-refractivity contribution in [2.24, 2.45) is 0 Å². The molecule has 0 atom stereocenters. The minimum atomic E-state index is 0.237. The summed E-state index contributed by atoms with van der Waals surface area (Å²) in [6.07, 6.45) is 0. The maximum atomic E-state index is 5.99. The van der Waals surface area contributed by atoms with Crippen molar-refractivity contribution in [3.05, 3.63) is 41.4 Å². The minimum absolute atomic E-state index is 0.237. The Hall–Kier alpha value is -2.18. The first-order valence-corrected chi connectivity index (χ1v) is 7.25. The molecular formula is C15H13ClN2O3S. The van der Waals surface area contributed by atoms with Crippen molar-refractivity contribution in [1.29, 1.82) is 0 Å². The maximum absolute atomic E-state index is 5.99. The molecule has 0 saturated carbocycles.